The summed E-state index contributed by atoms with van der Waals surface area (Å²) in [5.41, 5.74) is 0.403. The van der Waals surface area contributed by atoms with Gasteiger partial charge in [0.15, 0.2) is 0 Å². The maximum Gasteiger partial charge on any atom is 0.322 e. The lowest BCUT2D eigenvalue weighted by atomic mass is 10.1. The molecule has 6 nitrogen and oxygen atoms in total. The Morgan fingerprint density at radius 1 is 1.50 bits per heavy atom. The molecule has 8 heteroatoms. The third-order valence-electron chi connectivity index (χ3n) is 3.83. The Hall–Kier alpha value is -1.99. The highest BCUT2D eigenvalue weighted by molar-refractivity contribution is 6.30. The summed E-state index contributed by atoms with van der Waals surface area (Å²) in [5.74, 6) is -0.0315. The van der Waals surface area contributed by atoms with Gasteiger partial charge in [-0.2, -0.15) is 0 Å². The van der Waals surface area contributed by atoms with Crippen molar-refractivity contribution in [3.05, 3.63) is 46.3 Å². The van der Waals surface area contributed by atoms with E-state index in [1.165, 1.54) is 6.07 Å². The van der Waals surface area contributed by atoms with Gasteiger partial charge in [0.1, 0.15) is 23.5 Å². The molecule has 1 N–H and O–H groups in total. The molecular formula is C14H14ClFN4O2. The van der Waals surface area contributed by atoms with E-state index in [-0.39, 0.29) is 13.1 Å². The fourth-order valence-electron chi connectivity index (χ4n) is 2.63. The van der Waals surface area contributed by atoms with E-state index in [1.54, 1.807) is 28.5 Å². The summed E-state index contributed by atoms with van der Waals surface area (Å²) in [6.45, 7) is 2.51. The van der Waals surface area contributed by atoms with Crippen molar-refractivity contribution in [2.45, 2.75) is 32.6 Å². The van der Waals surface area contributed by atoms with Crippen molar-refractivity contribution in [3.63, 3.8) is 0 Å². The average molecular weight is 325 g/mol. The zero-order chi connectivity index (χ0) is 15.9. The van der Waals surface area contributed by atoms with Crippen LogP contribution in [0.2, 0.25) is 5.02 Å². The highest BCUT2D eigenvalue weighted by Gasteiger charge is 2.33. The lowest BCUT2D eigenvalue weighted by Crippen LogP contribution is -2.47. The maximum absolute atomic E-state index is 13.9. The van der Waals surface area contributed by atoms with E-state index in [1.807, 2.05) is 0 Å². The summed E-state index contributed by atoms with van der Waals surface area (Å²) < 4.78 is 15.7. The summed E-state index contributed by atoms with van der Waals surface area (Å²) in [4.78, 5) is 13.2. The molecule has 2 heterocycles. The van der Waals surface area contributed by atoms with Gasteiger partial charge in [-0.05, 0) is 19.1 Å². The molecule has 0 saturated heterocycles. The van der Waals surface area contributed by atoms with Crippen LogP contribution in [-0.2, 0) is 24.4 Å². The number of benzene rings is 1. The van der Waals surface area contributed by atoms with Crippen molar-refractivity contribution in [3.8, 4) is 0 Å². The number of halogens is 2. The summed E-state index contributed by atoms with van der Waals surface area (Å²) >= 11 is 5.74. The molecule has 0 fully saturated rings. The lowest BCUT2D eigenvalue weighted by molar-refractivity contribution is -0.145. The number of nitrogens with zero attached hydrogens (tertiary/aromatic N) is 4. The standard InChI is InChI=1S/C14H14ClFN4O2/c1-8-17-18-13-7-19(12(14(21)22)6-20(8)13)5-9-2-3-10(15)4-11(9)16/h2-4,12H,5-7H2,1H3,(H,21,22). The molecule has 0 saturated carbocycles. The summed E-state index contributed by atoms with van der Waals surface area (Å²) in [7, 11) is 0. The lowest BCUT2D eigenvalue weighted by Gasteiger charge is -2.33. The predicted molar refractivity (Wildman–Crippen MR) is 76.8 cm³/mol. The van der Waals surface area contributed by atoms with Crippen LogP contribution in [0.5, 0.6) is 0 Å². The van der Waals surface area contributed by atoms with Crippen LogP contribution in [0, 0.1) is 12.7 Å². The minimum Gasteiger partial charge on any atom is -0.480 e. The van der Waals surface area contributed by atoms with E-state index >= 15 is 0 Å². The van der Waals surface area contributed by atoms with Crippen LogP contribution >= 0.6 is 11.6 Å². The maximum atomic E-state index is 13.9. The number of aliphatic carboxylic acids is 1. The van der Waals surface area contributed by atoms with Gasteiger partial charge in [0.05, 0.1) is 13.1 Å². The first-order valence-electron chi connectivity index (χ1n) is 6.75. The first kappa shape index (κ1) is 14.9. The molecule has 0 spiro atoms. The van der Waals surface area contributed by atoms with Crippen LogP contribution < -0.4 is 0 Å². The Labute approximate surface area is 131 Å². The Kier molecular flexibility index (Phi) is 3.84. The Morgan fingerprint density at radius 2 is 2.27 bits per heavy atom. The van der Waals surface area contributed by atoms with Crippen LogP contribution in [0.25, 0.3) is 0 Å². The minimum atomic E-state index is -0.951. The van der Waals surface area contributed by atoms with E-state index in [2.05, 4.69) is 10.2 Å². The number of rotatable bonds is 3. The number of carboxylic acid groups (broad SMARTS) is 1. The smallest absolute Gasteiger partial charge is 0.322 e. The number of hydrogen-bond acceptors (Lipinski definition) is 4. The molecule has 0 aliphatic carbocycles. The molecule has 1 aromatic carbocycles. The zero-order valence-corrected chi connectivity index (χ0v) is 12.6. The normalized spacial score (nSPS) is 18.2. The van der Waals surface area contributed by atoms with Gasteiger partial charge >= 0.3 is 5.97 Å². The van der Waals surface area contributed by atoms with Crippen molar-refractivity contribution < 1.29 is 14.3 Å². The number of carbonyl (C=O) groups is 1. The molecule has 116 valence electrons. The number of fused-ring (bicyclic) bond motifs is 1. The van der Waals surface area contributed by atoms with Crippen LogP contribution in [0.1, 0.15) is 17.2 Å². The highest BCUT2D eigenvalue weighted by Crippen LogP contribution is 2.22. The van der Waals surface area contributed by atoms with E-state index in [0.29, 0.717) is 28.8 Å². The molecule has 1 aliphatic rings. The van der Waals surface area contributed by atoms with E-state index in [9.17, 15) is 14.3 Å². The molecule has 22 heavy (non-hydrogen) atoms. The minimum absolute atomic E-state index is 0.172. The fourth-order valence-corrected chi connectivity index (χ4v) is 2.79. The van der Waals surface area contributed by atoms with Crippen molar-refractivity contribution in [2.24, 2.45) is 0 Å². The first-order valence-corrected chi connectivity index (χ1v) is 7.13. The first-order chi connectivity index (χ1) is 10.5. The topological polar surface area (TPSA) is 71.2 Å². The zero-order valence-electron chi connectivity index (χ0n) is 11.8. The molecule has 0 amide bonds. The number of carboxylic acids is 1. The second kappa shape index (κ2) is 5.66. The molecule has 1 unspecified atom stereocenters. The Morgan fingerprint density at radius 3 is 2.95 bits per heavy atom. The number of aryl methyl sites for hydroxylation is 1. The van der Waals surface area contributed by atoms with Crippen LogP contribution in [-0.4, -0.2) is 36.8 Å². The Bertz CT molecular complexity index is 734. The third kappa shape index (κ3) is 2.69. The monoisotopic (exact) mass is 324 g/mol. The molecular weight excluding hydrogens is 311 g/mol. The summed E-state index contributed by atoms with van der Waals surface area (Å²) in [6, 6.07) is 3.63. The van der Waals surface area contributed by atoms with Crippen molar-refractivity contribution in [1.29, 1.82) is 0 Å². The van der Waals surface area contributed by atoms with Gasteiger partial charge in [0, 0.05) is 17.1 Å². The molecule has 3 rings (SSSR count). The highest BCUT2D eigenvalue weighted by atomic mass is 35.5. The summed E-state index contributed by atoms with van der Waals surface area (Å²) in [5, 5.41) is 17.8. The van der Waals surface area contributed by atoms with Gasteiger partial charge in [0.2, 0.25) is 0 Å². The molecule has 1 aromatic heterocycles. The molecule has 0 bridgehead atoms. The third-order valence-corrected chi connectivity index (χ3v) is 4.06. The molecule has 1 aliphatic heterocycles. The van der Waals surface area contributed by atoms with Gasteiger partial charge in [-0.25, -0.2) is 4.39 Å². The second-order valence-corrected chi connectivity index (χ2v) is 5.71. The van der Waals surface area contributed by atoms with Crippen LogP contribution in [0.4, 0.5) is 4.39 Å². The molecule has 1 atom stereocenters. The Balaban J connectivity index is 1.89. The van der Waals surface area contributed by atoms with Crippen molar-refractivity contribution in [2.75, 3.05) is 0 Å². The van der Waals surface area contributed by atoms with Gasteiger partial charge in [-0.3, -0.25) is 9.69 Å². The van der Waals surface area contributed by atoms with Crippen LogP contribution in [0.15, 0.2) is 18.2 Å². The van der Waals surface area contributed by atoms with Crippen molar-refractivity contribution >= 4 is 17.6 Å². The van der Waals surface area contributed by atoms with Gasteiger partial charge < -0.3 is 9.67 Å². The predicted octanol–water partition coefficient (Wildman–Crippen LogP) is 1.85. The van der Waals surface area contributed by atoms with E-state index < -0.39 is 17.8 Å². The number of hydrogen-bond donors (Lipinski definition) is 1. The molecule has 0 radical (unpaired) electrons. The average Bonchev–Trinajstić information content (AvgIpc) is 2.82. The summed E-state index contributed by atoms with van der Waals surface area (Å²) in [6.07, 6.45) is 0. The largest absolute Gasteiger partial charge is 0.480 e. The fraction of sp³-hybridized carbons (Fsp3) is 0.357. The number of aromatic nitrogens is 3. The SMILES string of the molecule is Cc1nnc2n1CC(C(=O)O)N(Cc1ccc(Cl)cc1F)C2. The van der Waals surface area contributed by atoms with Gasteiger partial charge in [0.25, 0.3) is 0 Å². The van der Waals surface area contributed by atoms with E-state index in [0.717, 1.165) is 0 Å². The van der Waals surface area contributed by atoms with Crippen LogP contribution in [0.3, 0.4) is 0 Å². The van der Waals surface area contributed by atoms with Gasteiger partial charge in [-0.15, -0.1) is 10.2 Å². The van der Waals surface area contributed by atoms with E-state index in [4.69, 9.17) is 11.6 Å². The second-order valence-electron chi connectivity index (χ2n) is 5.27. The van der Waals surface area contributed by atoms with Crippen molar-refractivity contribution in [1.82, 2.24) is 19.7 Å². The van der Waals surface area contributed by atoms with Gasteiger partial charge in [-0.1, -0.05) is 17.7 Å². The molecule has 2 aromatic rings. The quantitative estimate of drug-likeness (QED) is 0.933.